The highest BCUT2D eigenvalue weighted by Gasteiger charge is 2.05. The fourth-order valence-electron chi connectivity index (χ4n) is 1.71. The average Bonchev–Trinajstić information content (AvgIpc) is 2.55. The molecule has 1 heterocycles. The Bertz CT molecular complexity index is 328. The number of aryl methyl sites for hydroxylation is 2. The summed E-state index contributed by atoms with van der Waals surface area (Å²) in [6.45, 7) is 9.58. The van der Waals surface area contributed by atoms with Crippen molar-refractivity contribution in [1.82, 2.24) is 14.5 Å². The minimum Gasteiger partial charge on any atom is -0.355 e. The van der Waals surface area contributed by atoms with E-state index in [1.165, 1.54) is 0 Å². The van der Waals surface area contributed by atoms with E-state index in [4.69, 9.17) is 0 Å². The molecule has 98 valence electrons. The number of nitrogens with zero attached hydrogens (tertiary/aromatic N) is 3. The first-order valence-electron chi connectivity index (χ1n) is 6.41. The first-order chi connectivity index (χ1) is 7.99. The third-order valence-corrected chi connectivity index (χ3v) is 2.57. The fraction of sp³-hybridized carbons (Fsp3) is 0.769. The van der Waals surface area contributed by atoms with E-state index < -0.39 is 0 Å². The lowest BCUT2D eigenvalue weighted by molar-refractivity contribution is 0.387. The largest absolute Gasteiger partial charge is 0.355 e. The third-order valence-electron chi connectivity index (χ3n) is 2.57. The zero-order chi connectivity index (χ0) is 12.8. The third kappa shape index (κ3) is 5.22. The molecule has 4 nitrogen and oxygen atoms in total. The topological polar surface area (TPSA) is 33.1 Å². The van der Waals surface area contributed by atoms with E-state index in [1.807, 2.05) is 6.92 Å². The van der Waals surface area contributed by atoms with Crippen molar-refractivity contribution in [2.75, 3.05) is 32.5 Å². The summed E-state index contributed by atoms with van der Waals surface area (Å²) in [6, 6.07) is 0. The van der Waals surface area contributed by atoms with Gasteiger partial charge in [-0.05, 0) is 39.9 Å². The molecule has 1 aromatic heterocycles. The molecule has 0 fully saturated rings. The van der Waals surface area contributed by atoms with Gasteiger partial charge in [-0.25, -0.2) is 4.98 Å². The van der Waals surface area contributed by atoms with E-state index in [1.54, 1.807) is 0 Å². The molecule has 0 aliphatic carbocycles. The normalized spacial score (nSPS) is 11.5. The van der Waals surface area contributed by atoms with Crippen LogP contribution in [0.2, 0.25) is 0 Å². The van der Waals surface area contributed by atoms with Gasteiger partial charge < -0.3 is 14.8 Å². The van der Waals surface area contributed by atoms with Crippen LogP contribution in [0.15, 0.2) is 6.20 Å². The van der Waals surface area contributed by atoms with Crippen molar-refractivity contribution >= 4 is 5.95 Å². The van der Waals surface area contributed by atoms with Crippen molar-refractivity contribution < 1.29 is 0 Å². The highest BCUT2D eigenvalue weighted by Crippen LogP contribution is 2.10. The summed E-state index contributed by atoms with van der Waals surface area (Å²) in [6.07, 6.45) is 3.28. The molecule has 0 unspecified atom stereocenters. The van der Waals surface area contributed by atoms with Gasteiger partial charge in [-0.1, -0.05) is 13.8 Å². The Morgan fingerprint density at radius 2 is 2.12 bits per heavy atom. The maximum absolute atomic E-state index is 4.52. The highest BCUT2D eigenvalue weighted by atomic mass is 15.2. The standard InChI is InChI=1S/C13H26N4/c1-11(2)9-14-13-15-12(3)10-17(13)8-6-7-16(4)5/h10-11H,6-9H2,1-5H3,(H,14,15). The summed E-state index contributed by atoms with van der Waals surface area (Å²) in [7, 11) is 4.22. The summed E-state index contributed by atoms with van der Waals surface area (Å²) >= 11 is 0. The number of rotatable bonds is 7. The van der Waals surface area contributed by atoms with Gasteiger partial charge in [0.25, 0.3) is 0 Å². The van der Waals surface area contributed by atoms with Crippen LogP contribution in [0.25, 0.3) is 0 Å². The van der Waals surface area contributed by atoms with Crippen LogP contribution in [0.3, 0.4) is 0 Å². The Hall–Kier alpha value is -1.03. The molecule has 0 amide bonds. The van der Waals surface area contributed by atoms with Crippen LogP contribution in [0.5, 0.6) is 0 Å². The summed E-state index contributed by atoms with van der Waals surface area (Å²) in [5, 5.41) is 3.41. The number of hydrogen-bond donors (Lipinski definition) is 1. The molecule has 0 atom stereocenters. The van der Waals surface area contributed by atoms with Crippen LogP contribution in [-0.2, 0) is 6.54 Å². The zero-order valence-electron chi connectivity index (χ0n) is 11.8. The van der Waals surface area contributed by atoms with Crippen LogP contribution < -0.4 is 5.32 Å². The van der Waals surface area contributed by atoms with Crippen molar-refractivity contribution in [3.05, 3.63) is 11.9 Å². The lowest BCUT2D eigenvalue weighted by Gasteiger charge is -2.13. The van der Waals surface area contributed by atoms with Gasteiger partial charge in [-0.3, -0.25) is 0 Å². The van der Waals surface area contributed by atoms with Gasteiger partial charge in [-0.2, -0.15) is 0 Å². The van der Waals surface area contributed by atoms with E-state index in [0.717, 1.165) is 37.7 Å². The summed E-state index contributed by atoms with van der Waals surface area (Å²) < 4.78 is 2.22. The lowest BCUT2D eigenvalue weighted by atomic mass is 10.2. The Morgan fingerprint density at radius 3 is 2.71 bits per heavy atom. The molecule has 0 aliphatic heterocycles. The second-order valence-electron chi connectivity index (χ2n) is 5.33. The van der Waals surface area contributed by atoms with E-state index in [9.17, 15) is 0 Å². The van der Waals surface area contributed by atoms with Crippen LogP contribution in [0.1, 0.15) is 26.0 Å². The SMILES string of the molecule is Cc1cn(CCCN(C)C)c(NCC(C)C)n1. The first kappa shape index (κ1) is 14.0. The predicted molar refractivity (Wildman–Crippen MR) is 73.5 cm³/mol. The quantitative estimate of drug-likeness (QED) is 0.790. The van der Waals surface area contributed by atoms with E-state index in [2.05, 4.69) is 53.9 Å². The Kier molecular flexibility index (Phi) is 5.48. The van der Waals surface area contributed by atoms with Crippen LogP contribution >= 0.6 is 0 Å². The van der Waals surface area contributed by atoms with E-state index in [-0.39, 0.29) is 0 Å². The minimum absolute atomic E-state index is 0.641. The maximum Gasteiger partial charge on any atom is 0.203 e. The molecule has 0 spiro atoms. The molecule has 0 aromatic carbocycles. The van der Waals surface area contributed by atoms with Crippen LogP contribution in [0, 0.1) is 12.8 Å². The van der Waals surface area contributed by atoms with Crippen molar-refractivity contribution in [1.29, 1.82) is 0 Å². The number of imidazole rings is 1. The van der Waals surface area contributed by atoms with Gasteiger partial charge >= 0.3 is 0 Å². The second kappa shape index (κ2) is 6.64. The second-order valence-corrected chi connectivity index (χ2v) is 5.33. The zero-order valence-corrected chi connectivity index (χ0v) is 11.8. The number of anilines is 1. The summed E-state index contributed by atoms with van der Waals surface area (Å²) in [4.78, 5) is 6.73. The van der Waals surface area contributed by atoms with Crippen LogP contribution in [0.4, 0.5) is 5.95 Å². The van der Waals surface area contributed by atoms with E-state index in [0.29, 0.717) is 5.92 Å². The Morgan fingerprint density at radius 1 is 1.41 bits per heavy atom. The van der Waals surface area contributed by atoms with Gasteiger partial charge in [0.1, 0.15) is 0 Å². The molecule has 0 radical (unpaired) electrons. The van der Waals surface area contributed by atoms with Crippen LogP contribution in [-0.4, -0.2) is 41.6 Å². The smallest absolute Gasteiger partial charge is 0.203 e. The number of hydrogen-bond acceptors (Lipinski definition) is 3. The Balaban J connectivity index is 2.51. The van der Waals surface area contributed by atoms with E-state index >= 15 is 0 Å². The maximum atomic E-state index is 4.52. The molecule has 1 N–H and O–H groups in total. The molecular weight excluding hydrogens is 212 g/mol. The summed E-state index contributed by atoms with van der Waals surface area (Å²) in [5.41, 5.74) is 1.08. The molecule has 17 heavy (non-hydrogen) atoms. The number of aromatic nitrogens is 2. The minimum atomic E-state index is 0.641. The van der Waals surface area contributed by atoms with Gasteiger partial charge in [0.05, 0.1) is 5.69 Å². The van der Waals surface area contributed by atoms with Gasteiger partial charge in [0, 0.05) is 19.3 Å². The van der Waals surface area contributed by atoms with Crippen molar-refractivity contribution in [2.45, 2.75) is 33.7 Å². The molecule has 4 heteroatoms. The van der Waals surface area contributed by atoms with Gasteiger partial charge in [0.2, 0.25) is 5.95 Å². The molecular formula is C13H26N4. The molecule has 0 saturated carbocycles. The predicted octanol–water partition coefficient (Wildman–Crippen LogP) is 2.21. The molecule has 0 aliphatic rings. The summed E-state index contributed by atoms with van der Waals surface area (Å²) in [5.74, 6) is 1.65. The monoisotopic (exact) mass is 238 g/mol. The van der Waals surface area contributed by atoms with Crippen molar-refractivity contribution in [3.63, 3.8) is 0 Å². The lowest BCUT2D eigenvalue weighted by Crippen LogP contribution is -2.16. The van der Waals surface area contributed by atoms with Crippen molar-refractivity contribution in [3.8, 4) is 0 Å². The fourth-order valence-corrected chi connectivity index (χ4v) is 1.71. The average molecular weight is 238 g/mol. The highest BCUT2D eigenvalue weighted by molar-refractivity contribution is 5.28. The first-order valence-corrected chi connectivity index (χ1v) is 6.41. The van der Waals surface area contributed by atoms with Crippen molar-refractivity contribution in [2.24, 2.45) is 5.92 Å². The molecule has 1 aromatic rings. The number of nitrogens with one attached hydrogen (secondary N) is 1. The molecule has 0 bridgehead atoms. The van der Waals surface area contributed by atoms with Gasteiger partial charge in [-0.15, -0.1) is 0 Å². The van der Waals surface area contributed by atoms with Gasteiger partial charge in [0.15, 0.2) is 0 Å². The Labute approximate surface area is 105 Å². The molecule has 0 saturated heterocycles. The molecule has 1 rings (SSSR count).